The molecular formula is C22H32O4. The van der Waals surface area contributed by atoms with Gasteiger partial charge < -0.3 is 15.3 Å². The summed E-state index contributed by atoms with van der Waals surface area (Å²) in [6.45, 7) is 3.79. The number of aliphatic hydroxyl groups excluding tert-OH is 2. The number of fused-ring (bicyclic) bond motifs is 1. The Labute approximate surface area is 157 Å². The molecule has 0 radical (unpaired) electrons. The fourth-order valence-corrected chi connectivity index (χ4v) is 4.31. The number of unbranched alkanes of at least 4 members (excludes halogenated alkanes) is 1. The molecular weight excluding hydrogens is 328 g/mol. The molecule has 144 valence electrons. The van der Waals surface area contributed by atoms with E-state index in [0.29, 0.717) is 24.7 Å². The molecule has 0 aromatic carbocycles. The van der Waals surface area contributed by atoms with Gasteiger partial charge in [0.15, 0.2) is 0 Å². The van der Waals surface area contributed by atoms with Gasteiger partial charge in [0, 0.05) is 18.8 Å². The van der Waals surface area contributed by atoms with Crippen LogP contribution in [0.1, 0.15) is 58.8 Å². The zero-order valence-corrected chi connectivity index (χ0v) is 15.9. The molecule has 0 aromatic heterocycles. The van der Waals surface area contributed by atoms with Gasteiger partial charge in [-0.25, -0.2) is 0 Å². The van der Waals surface area contributed by atoms with Crippen molar-refractivity contribution in [3.63, 3.8) is 0 Å². The Morgan fingerprint density at radius 2 is 2.15 bits per heavy atom. The number of aliphatic hydroxyl groups is 2. The monoisotopic (exact) mass is 360 g/mol. The number of rotatable bonds is 8. The third-order valence-corrected chi connectivity index (χ3v) is 5.85. The third kappa shape index (κ3) is 5.72. The summed E-state index contributed by atoms with van der Waals surface area (Å²) in [6.07, 6.45) is 10.4. The van der Waals surface area contributed by atoms with Crippen LogP contribution in [0.15, 0.2) is 23.8 Å². The quantitative estimate of drug-likeness (QED) is 0.351. The predicted molar refractivity (Wildman–Crippen MR) is 102 cm³/mol. The van der Waals surface area contributed by atoms with Gasteiger partial charge in [-0.2, -0.15) is 0 Å². The minimum absolute atomic E-state index is 0.0845. The van der Waals surface area contributed by atoms with E-state index in [9.17, 15) is 15.0 Å². The first-order chi connectivity index (χ1) is 12.4. The van der Waals surface area contributed by atoms with E-state index in [4.69, 9.17) is 5.11 Å². The number of allylic oxidation sites excluding steroid dienone is 2. The number of hydrogen-bond acceptors (Lipinski definition) is 3. The van der Waals surface area contributed by atoms with Crippen LogP contribution < -0.4 is 0 Å². The summed E-state index contributed by atoms with van der Waals surface area (Å²) in [5.74, 6) is 6.25. The standard InChI is InChI=1S/C22H32O4/c1-3-4-7-15(2)20(23)11-10-18-19-13-16(8-5-6-9-22(25)26)12-17(19)14-21(18)24/h8,10-11,15,17-21,23-24H,5-7,9,12-14H2,1-2H3,(H,25,26)/b11-10+,16-8-/t15-,17-,18+,19-,20-,21+/m0/s1. The van der Waals surface area contributed by atoms with Crippen molar-refractivity contribution in [3.05, 3.63) is 23.8 Å². The Balaban J connectivity index is 1.89. The lowest BCUT2D eigenvalue weighted by molar-refractivity contribution is -0.137. The SMILES string of the molecule is CC#CC[C@H](C)[C@@H](O)/C=C/[C@@H]1[C@H]2C/C(=C\CCCC(=O)O)C[C@H]2C[C@H]1O. The molecule has 0 heterocycles. The molecule has 3 N–H and O–H groups in total. The highest BCUT2D eigenvalue weighted by Gasteiger charge is 2.44. The molecule has 0 saturated heterocycles. The lowest BCUT2D eigenvalue weighted by atomic mass is 9.89. The smallest absolute Gasteiger partial charge is 0.303 e. The van der Waals surface area contributed by atoms with E-state index in [2.05, 4.69) is 17.9 Å². The van der Waals surface area contributed by atoms with Crippen molar-refractivity contribution >= 4 is 5.97 Å². The summed E-state index contributed by atoms with van der Waals surface area (Å²) in [4.78, 5) is 10.6. The topological polar surface area (TPSA) is 77.8 Å². The van der Waals surface area contributed by atoms with Gasteiger partial charge in [-0.15, -0.1) is 11.8 Å². The first-order valence-corrected chi connectivity index (χ1v) is 9.76. The molecule has 4 nitrogen and oxygen atoms in total. The summed E-state index contributed by atoms with van der Waals surface area (Å²) < 4.78 is 0. The normalized spacial score (nSPS) is 31.6. The van der Waals surface area contributed by atoms with Gasteiger partial charge in [0.1, 0.15) is 0 Å². The zero-order valence-electron chi connectivity index (χ0n) is 15.9. The molecule has 4 heteroatoms. The maximum Gasteiger partial charge on any atom is 0.303 e. The van der Waals surface area contributed by atoms with Crippen LogP contribution in [0.3, 0.4) is 0 Å². The van der Waals surface area contributed by atoms with E-state index in [0.717, 1.165) is 25.7 Å². The number of carboxylic acids is 1. The molecule has 0 aromatic rings. The molecule has 0 aliphatic heterocycles. The van der Waals surface area contributed by atoms with Crippen molar-refractivity contribution in [2.45, 2.75) is 71.0 Å². The number of aliphatic carboxylic acids is 1. The zero-order chi connectivity index (χ0) is 19.1. The van der Waals surface area contributed by atoms with E-state index in [-0.39, 0.29) is 24.4 Å². The van der Waals surface area contributed by atoms with Crippen LogP contribution in [0.5, 0.6) is 0 Å². The molecule has 2 rings (SSSR count). The van der Waals surface area contributed by atoms with Crippen LogP contribution in [-0.4, -0.2) is 33.5 Å². The summed E-state index contributed by atoms with van der Waals surface area (Å²) in [7, 11) is 0. The van der Waals surface area contributed by atoms with E-state index >= 15 is 0 Å². The second-order valence-corrected chi connectivity index (χ2v) is 7.84. The second-order valence-electron chi connectivity index (χ2n) is 7.84. The first-order valence-electron chi connectivity index (χ1n) is 9.76. The van der Waals surface area contributed by atoms with Gasteiger partial charge in [-0.05, 0) is 56.8 Å². The van der Waals surface area contributed by atoms with Crippen LogP contribution in [0.25, 0.3) is 0 Å². The fraction of sp³-hybridized carbons (Fsp3) is 0.682. The molecule has 0 unspecified atom stereocenters. The Kier molecular flexibility index (Phi) is 7.93. The highest BCUT2D eigenvalue weighted by atomic mass is 16.4. The van der Waals surface area contributed by atoms with E-state index in [1.54, 1.807) is 6.92 Å². The molecule has 0 bridgehead atoms. The van der Waals surface area contributed by atoms with Crippen LogP contribution >= 0.6 is 0 Å². The van der Waals surface area contributed by atoms with E-state index in [1.165, 1.54) is 5.57 Å². The van der Waals surface area contributed by atoms with Crippen LogP contribution in [0, 0.1) is 35.5 Å². The fourth-order valence-electron chi connectivity index (χ4n) is 4.31. The Hall–Kier alpha value is -1.57. The first kappa shape index (κ1) is 20.7. The van der Waals surface area contributed by atoms with Crippen LogP contribution in [0.2, 0.25) is 0 Å². The Morgan fingerprint density at radius 1 is 1.38 bits per heavy atom. The lowest BCUT2D eigenvalue weighted by Crippen LogP contribution is -2.19. The average Bonchev–Trinajstić information content (AvgIpc) is 3.10. The second kappa shape index (κ2) is 9.94. The summed E-state index contributed by atoms with van der Waals surface area (Å²) >= 11 is 0. The highest BCUT2D eigenvalue weighted by Crippen LogP contribution is 2.50. The maximum absolute atomic E-state index is 10.6. The van der Waals surface area contributed by atoms with Crippen LogP contribution in [-0.2, 0) is 4.79 Å². The minimum atomic E-state index is -0.738. The van der Waals surface area contributed by atoms with Gasteiger partial charge >= 0.3 is 5.97 Å². The van der Waals surface area contributed by atoms with Gasteiger partial charge in [-0.1, -0.05) is 30.7 Å². The Bertz CT molecular complexity index is 595. The number of carbonyl (C=O) groups is 1. The average molecular weight is 360 g/mol. The largest absolute Gasteiger partial charge is 0.481 e. The van der Waals surface area contributed by atoms with Crippen molar-refractivity contribution in [1.82, 2.24) is 0 Å². The van der Waals surface area contributed by atoms with Gasteiger partial charge in [0.05, 0.1) is 12.2 Å². The number of hydrogen-bond donors (Lipinski definition) is 3. The van der Waals surface area contributed by atoms with Crippen molar-refractivity contribution in [1.29, 1.82) is 0 Å². The van der Waals surface area contributed by atoms with Crippen molar-refractivity contribution in [2.24, 2.45) is 23.7 Å². The number of carboxylic acid groups (broad SMARTS) is 1. The van der Waals surface area contributed by atoms with Gasteiger partial charge in [0.2, 0.25) is 0 Å². The minimum Gasteiger partial charge on any atom is -0.481 e. The molecule has 2 aliphatic rings. The third-order valence-electron chi connectivity index (χ3n) is 5.85. The molecule has 2 saturated carbocycles. The molecule has 2 aliphatic carbocycles. The van der Waals surface area contributed by atoms with Crippen LogP contribution in [0.4, 0.5) is 0 Å². The van der Waals surface area contributed by atoms with Gasteiger partial charge in [0.25, 0.3) is 0 Å². The van der Waals surface area contributed by atoms with Crippen molar-refractivity contribution in [2.75, 3.05) is 0 Å². The maximum atomic E-state index is 10.6. The summed E-state index contributed by atoms with van der Waals surface area (Å²) in [5, 5.41) is 29.4. The molecule has 0 amide bonds. The van der Waals surface area contributed by atoms with Gasteiger partial charge in [-0.3, -0.25) is 4.79 Å². The Morgan fingerprint density at radius 3 is 2.85 bits per heavy atom. The molecule has 6 atom stereocenters. The van der Waals surface area contributed by atoms with E-state index < -0.39 is 12.1 Å². The van der Waals surface area contributed by atoms with Crippen molar-refractivity contribution in [3.8, 4) is 11.8 Å². The lowest BCUT2D eigenvalue weighted by Gasteiger charge is -2.19. The highest BCUT2D eigenvalue weighted by molar-refractivity contribution is 5.66. The predicted octanol–water partition coefficient (Wildman–Crippen LogP) is 3.54. The van der Waals surface area contributed by atoms with E-state index in [1.807, 2.05) is 19.1 Å². The molecule has 26 heavy (non-hydrogen) atoms. The molecule has 0 spiro atoms. The summed E-state index contributed by atoms with van der Waals surface area (Å²) in [5.41, 5.74) is 1.41. The van der Waals surface area contributed by atoms with Crippen molar-refractivity contribution < 1.29 is 20.1 Å². The summed E-state index contributed by atoms with van der Waals surface area (Å²) in [6, 6.07) is 0. The molecule has 2 fully saturated rings.